The molecule has 14 heteroatoms. The quantitative estimate of drug-likeness (QED) is 0.119. The average molecular weight is 717 g/mol. The van der Waals surface area contributed by atoms with Crippen LogP contribution in [0.3, 0.4) is 0 Å². The molecule has 0 aliphatic carbocycles. The van der Waals surface area contributed by atoms with Gasteiger partial charge in [0, 0.05) is 18.3 Å². The monoisotopic (exact) mass is 716 g/mol. The zero-order valence-electron chi connectivity index (χ0n) is 31.2. The summed E-state index contributed by atoms with van der Waals surface area (Å²) in [6, 6.07) is 0.453. The van der Waals surface area contributed by atoms with E-state index in [-0.39, 0.29) is 30.6 Å². The molecule has 0 saturated heterocycles. The highest BCUT2D eigenvalue weighted by Crippen LogP contribution is 2.16. The first-order valence-electron chi connectivity index (χ1n) is 17.8. The maximum absolute atomic E-state index is 14.4. The molecular weight excluding hydrogens is 659 g/mol. The van der Waals surface area contributed by atoms with Gasteiger partial charge in [0.15, 0.2) is 0 Å². The van der Waals surface area contributed by atoms with E-state index in [0.29, 0.717) is 42.6 Å². The summed E-state index contributed by atoms with van der Waals surface area (Å²) in [5, 5.41) is 26.6. The predicted octanol–water partition coefficient (Wildman–Crippen LogP) is 2.32. The Morgan fingerprint density at radius 3 is 2.20 bits per heavy atom. The summed E-state index contributed by atoms with van der Waals surface area (Å²) < 4.78 is 14.4. The number of hydrogen-bond donors (Lipinski definition) is 6. The van der Waals surface area contributed by atoms with Crippen LogP contribution in [0.15, 0.2) is 42.1 Å². The van der Waals surface area contributed by atoms with Gasteiger partial charge in [-0.3, -0.25) is 33.9 Å². The summed E-state index contributed by atoms with van der Waals surface area (Å²) in [6.07, 6.45) is 4.27. The first kappa shape index (κ1) is 42.9. The van der Waals surface area contributed by atoms with Crippen molar-refractivity contribution in [1.82, 2.24) is 31.6 Å². The lowest BCUT2D eigenvalue weighted by Crippen LogP contribution is -2.58. The minimum absolute atomic E-state index is 0.0236. The zero-order chi connectivity index (χ0) is 38.2. The van der Waals surface area contributed by atoms with Gasteiger partial charge in [-0.05, 0) is 73.9 Å². The Morgan fingerprint density at radius 2 is 1.65 bits per heavy atom. The number of likely N-dealkylation sites (N-methyl/N-ethyl adjacent to an activating group) is 1. The van der Waals surface area contributed by atoms with Crippen LogP contribution in [0, 0.1) is 24.6 Å². The summed E-state index contributed by atoms with van der Waals surface area (Å²) in [7, 11) is 1.51. The normalized spacial score (nSPS) is 16.2. The molecule has 51 heavy (non-hydrogen) atoms. The molecule has 1 aliphatic rings. The van der Waals surface area contributed by atoms with E-state index in [1.165, 1.54) is 24.3 Å². The lowest BCUT2D eigenvalue weighted by molar-refractivity contribution is -0.133. The van der Waals surface area contributed by atoms with E-state index in [0.717, 1.165) is 0 Å². The van der Waals surface area contributed by atoms with Gasteiger partial charge in [0.05, 0.1) is 32.2 Å². The number of nitrogens with zero attached hydrogens (tertiary/aromatic N) is 1. The first-order valence-corrected chi connectivity index (χ1v) is 17.8. The topological polar surface area (TPSA) is 178 Å². The largest absolute Gasteiger partial charge is 0.390 e. The summed E-state index contributed by atoms with van der Waals surface area (Å²) >= 11 is 0. The molecular formula is C37H57FN6O7. The number of benzene rings is 1. The minimum atomic E-state index is -1.43. The Bertz CT molecular complexity index is 1400. The Balaban J connectivity index is 2.29. The lowest BCUT2D eigenvalue weighted by atomic mass is 9.95. The van der Waals surface area contributed by atoms with Crippen molar-refractivity contribution in [2.45, 2.75) is 111 Å². The molecule has 284 valence electrons. The van der Waals surface area contributed by atoms with E-state index >= 15 is 0 Å². The molecule has 5 amide bonds. The van der Waals surface area contributed by atoms with Crippen molar-refractivity contribution in [3.05, 3.63) is 59.1 Å². The van der Waals surface area contributed by atoms with Crippen molar-refractivity contribution >= 4 is 29.5 Å². The van der Waals surface area contributed by atoms with Gasteiger partial charge in [-0.15, -0.1) is 0 Å². The van der Waals surface area contributed by atoms with E-state index in [9.17, 15) is 33.5 Å². The maximum Gasteiger partial charge on any atom is 0.251 e. The van der Waals surface area contributed by atoms with Crippen LogP contribution in [-0.4, -0.2) is 90.2 Å². The molecule has 0 bridgehead atoms. The number of carbonyl (C=O) groups excluding carboxylic acids is 5. The Morgan fingerprint density at radius 1 is 0.941 bits per heavy atom. The number of hydroxylamine groups is 2. The molecule has 0 fully saturated rings. The van der Waals surface area contributed by atoms with Crippen molar-refractivity contribution < 1.29 is 38.3 Å². The van der Waals surface area contributed by atoms with Gasteiger partial charge in [-0.25, -0.2) is 4.39 Å². The van der Waals surface area contributed by atoms with E-state index in [1.807, 2.05) is 20.8 Å². The van der Waals surface area contributed by atoms with E-state index in [1.54, 1.807) is 52.1 Å². The van der Waals surface area contributed by atoms with Crippen molar-refractivity contribution in [3.8, 4) is 0 Å². The number of aliphatic hydroxyl groups is 1. The van der Waals surface area contributed by atoms with E-state index in [2.05, 4.69) is 26.6 Å². The molecule has 0 unspecified atom stereocenters. The van der Waals surface area contributed by atoms with Crippen LogP contribution in [0.1, 0.15) is 78.4 Å². The second-order valence-electron chi connectivity index (χ2n) is 13.4. The smallest absolute Gasteiger partial charge is 0.251 e. The molecule has 1 aliphatic heterocycles. The highest BCUT2D eigenvalue weighted by Gasteiger charge is 2.33. The fraction of sp³-hybridized carbons (Fsp3) is 0.595. The van der Waals surface area contributed by atoms with Gasteiger partial charge in [-0.2, -0.15) is 0 Å². The number of nitrogens with one attached hydrogen (secondary N) is 5. The van der Waals surface area contributed by atoms with Crippen LogP contribution < -0.4 is 26.6 Å². The summed E-state index contributed by atoms with van der Waals surface area (Å²) in [5.41, 5.74) is 1.48. The zero-order valence-corrected chi connectivity index (χ0v) is 31.2. The second-order valence-corrected chi connectivity index (χ2v) is 13.4. The first-order chi connectivity index (χ1) is 24.1. The molecule has 1 aromatic carbocycles. The molecule has 0 saturated carbocycles. The Labute approximate surface area is 301 Å². The van der Waals surface area contributed by atoms with E-state index in [4.69, 9.17) is 4.84 Å². The van der Waals surface area contributed by atoms with Gasteiger partial charge < -0.3 is 31.7 Å². The van der Waals surface area contributed by atoms with Crippen LogP contribution in [-0.2, 0) is 35.2 Å². The number of aliphatic hydroxyl groups excluding tert-OH is 1. The molecule has 1 aromatic rings. The van der Waals surface area contributed by atoms with Crippen molar-refractivity contribution in [2.24, 2.45) is 11.8 Å². The van der Waals surface area contributed by atoms with Gasteiger partial charge in [0.25, 0.3) is 5.91 Å². The van der Waals surface area contributed by atoms with Crippen molar-refractivity contribution in [2.75, 3.05) is 20.2 Å². The predicted molar refractivity (Wildman–Crippen MR) is 192 cm³/mol. The molecule has 0 spiro atoms. The van der Waals surface area contributed by atoms with Gasteiger partial charge in [-0.1, -0.05) is 53.5 Å². The third kappa shape index (κ3) is 13.7. The fourth-order valence-corrected chi connectivity index (χ4v) is 5.66. The third-order valence-corrected chi connectivity index (χ3v) is 8.76. The van der Waals surface area contributed by atoms with Crippen LogP contribution >= 0.6 is 0 Å². The molecule has 6 N–H and O–H groups in total. The van der Waals surface area contributed by atoms with Gasteiger partial charge in [0.2, 0.25) is 23.6 Å². The number of hydrogen-bond acceptors (Lipinski definition) is 8. The Hall–Kier alpha value is -4.30. The number of amides is 5. The molecule has 2 rings (SSSR count). The van der Waals surface area contributed by atoms with Crippen molar-refractivity contribution in [1.29, 1.82) is 0 Å². The van der Waals surface area contributed by atoms with Crippen LogP contribution in [0.2, 0.25) is 0 Å². The average Bonchev–Trinajstić information content (AvgIpc) is 3.07. The maximum atomic E-state index is 14.4. The SMILES string of the molecule is CCC[C@H](NC(=O)[C@@H](NC(=O)C1=CCN(OC)C=C1)[C@@H](C)CC)C(=O)N[C@@H](Cc1cc(C)cc(F)c1)[C@@H](O)CC(=O)N[C@H](C(=O)NCC)C(C)C. The van der Waals surface area contributed by atoms with Crippen LogP contribution in [0.25, 0.3) is 0 Å². The van der Waals surface area contributed by atoms with E-state index < -0.39 is 66.1 Å². The molecule has 1 heterocycles. The summed E-state index contributed by atoms with van der Waals surface area (Å²) in [6.45, 7) is 13.3. The lowest BCUT2D eigenvalue weighted by Gasteiger charge is -2.30. The minimum Gasteiger partial charge on any atom is -0.390 e. The summed E-state index contributed by atoms with van der Waals surface area (Å²) in [4.78, 5) is 71.4. The number of halogens is 1. The highest BCUT2D eigenvalue weighted by atomic mass is 19.1. The number of rotatable bonds is 20. The molecule has 0 radical (unpaired) electrons. The summed E-state index contributed by atoms with van der Waals surface area (Å²) in [5.74, 6) is -3.57. The molecule has 6 atom stereocenters. The van der Waals surface area contributed by atoms with Gasteiger partial charge in [0.1, 0.15) is 23.9 Å². The highest BCUT2D eigenvalue weighted by molar-refractivity contribution is 6.00. The van der Waals surface area contributed by atoms with Crippen LogP contribution in [0.4, 0.5) is 4.39 Å². The Kier molecular flexibility index (Phi) is 17.8. The van der Waals surface area contributed by atoms with Gasteiger partial charge >= 0.3 is 0 Å². The second kappa shape index (κ2) is 21.2. The molecule has 13 nitrogen and oxygen atoms in total. The molecule has 0 aromatic heterocycles. The standard InChI is InChI=1S/C37H57FN6O7/c1-9-12-28(40-37(50)33(24(7)10-2)43-34(47)26-13-15-44(51-8)16-14-26)35(48)41-29(20-25-17-23(6)18-27(38)19-25)30(45)21-31(46)42-32(22(4)5)36(49)39-11-3/h13-15,17-19,22,24,28-30,32-33,45H,9-12,16,20-21H2,1-8H3,(H,39,49)(H,40,50)(H,41,48)(H,42,46)(H,43,47)/t24-,28-,29-,30-,32-,33-/m0/s1. The third-order valence-electron chi connectivity index (χ3n) is 8.76. The number of aryl methyl sites for hydroxylation is 1. The number of carbonyl (C=O) groups is 5. The van der Waals surface area contributed by atoms with Crippen molar-refractivity contribution in [3.63, 3.8) is 0 Å². The van der Waals surface area contributed by atoms with Crippen LogP contribution in [0.5, 0.6) is 0 Å². The fourth-order valence-electron chi connectivity index (χ4n) is 5.66.